The highest BCUT2D eigenvalue weighted by Crippen LogP contribution is 2.31. The van der Waals surface area contributed by atoms with Crippen LogP contribution in [0.2, 0.25) is 0 Å². The second kappa shape index (κ2) is 6.99. The van der Waals surface area contributed by atoms with Gasteiger partial charge in [-0.1, -0.05) is 6.92 Å². The molecule has 0 bridgehead atoms. The lowest BCUT2D eigenvalue weighted by Crippen LogP contribution is -2.43. The Morgan fingerprint density at radius 1 is 1.43 bits per heavy atom. The van der Waals surface area contributed by atoms with Crippen LogP contribution in [-0.4, -0.2) is 47.4 Å². The molecular formula is C15H24ClF3N4. The molecule has 2 aliphatic heterocycles. The summed E-state index contributed by atoms with van der Waals surface area (Å²) in [6, 6.07) is 1.11. The van der Waals surface area contributed by atoms with Gasteiger partial charge in [0.2, 0.25) is 0 Å². The van der Waals surface area contributed by atoms with E-state index >= 15 is 0 Å². The normalized spacial score (nSPS) is 29.5. The van der Waals surface area contributed by atoms with Crippen LogP contribution in [0.5, 0.6) is 0 Å². The fraction of sp³-hybridized carbons (Fsp3) is 0.800. The molecule has 3 heterocycles. The van der Waals surface area contributed by atoms with Crippen LogP contribution in [-0.2, 0) is 6.18 Å². The van der Waals surface area contributed by atoms with Gasteiger partial charge >= 0.3 is 6.18 Å². The van der Waals surface area contributed by atoms with Crippen molar-refractivity contribution >= 4 is 12.4 Å². The Balaban J connectivity index is 0.00000192. The van der Waals surface area contributed by atoms with E-state index in [-0.39, 0.29) is 23.9 Å². The van der Waals surface area contributed by atoms with Crippen LogP contribution in [0.3, 0.4) is 0 Å². The minimum atomic E-state index is -4.36. The van der Waals surface area contributed by atoms with Gasteiger partial charge < -0.3 is 10.2 Å². The summed E-state index contributed by atoms with van der Waals surface area (Å²) in [5, 5.41) is 7.14. The lowest BCUT2D eigenvalue weighted by Gasteiger charge is -2.37. The molecule has 2 aliphatic rings. The first-order valence-corrected chi connectivity index (χ1v) is 7.91. The molecule has 1 N–H and O–H groups in total. The molecule has 132 valence electrons. The van der Waals surface area contributed by atoms with Gasteiger partial charge in [0.25, 0.3) is 0 Å². The first kappa shape index (κ1) is 18.5. The van der Waals surface area contributed by atoms with E-state index in [1.165, 1.54) is 10.9 Å². The monoisotopic (exact) mass is 352 g/mol. The first-order valence-electron chi connectivity index (χ1n) is 7.91. The summed E-state index contributed by atoms with van der Waals surface area (Å²) in [4.78, 5) is 2.39. The Labute approximate surface area is 140 Å². The van der Waals surface area contributed by atoms with Crippen LogP contribution >= 0.6 is 12.4 Å². The van der Waals surface area contributed by atoms with Gasteiger partial charge in [-0.3, -0.25) is 4.68 Å². The topological polar surface area (TPSA) is 33.1 Å². The summed E-state index contributed by atoms with van der Waals surface area (Å²) in [5.41, 5.74) is -0.514. The maximum absolute atomic E-state index is 12.7. The Kier molecular flexibility index (Phi) is 5.63. The predicted molar refractivity (Wildman–Crippen MR) is 84.8 cm³/mol. The number of hydrogen-bond acceptors (Lipinski definition) is 3. The average molecular weight is 353 g/mol. The molecular weight excluding hydrogens is 329 g/mol. The number of aromatic nitrogens is 2. The summed E-state index contributed by atoms with van der Waals surface area (Å²) in [6.45, 7) is 7.18. The molecule has 0 spiro atoms. The minimum Gasteiger partial charge on any atom is -0.316 e. The molecule has 0 radical (unpaired) electrons. The summed E-state index contributed by atoms with van der Waals surface area (Å²) in [7, 11) is 0. The Morgan fingerprint density at radius 3 is 2.83 bits per heavy atom. The van der Waals surface area contributed by atoms with Crippen molar-refractivity contribution in [1.29, 1.82) is 0 Å². The van der Waals surface area contributed by atoms with Gasteiger partial charge in [0.1, 0.15) is 0 Å². The average Bonchev–Trinajstić information content (AvgIpc) is 3.07. The molecule has 2 atom stereocenters. The second-order valence-electron chi connectivity index (χ2n) is 6.95. The molecule has 0 aliphatic carbocycles. The molecule has 1 aromatic heterocycles. The third kappa shape index (κ3) is 4.39. The van der Waals surface area contributed by atoms with E-state index in [0.29, 0.717) is 0 Å². The van der Waals surface area contributed by atoms with Crippen molar-refractivity contribution in [2.45, 2.75) is 38.4 Å². The lowest BCUT2D eigenvalue weighted by atomic mass is 9.88. The highest BCUT2D eigenvalue weighted by Gasteiger charge is 2.35. The van der Waals surface area contributed by atoms with Crippen molar-refractivity contribution in [3.63, 3.8) is 0 Å². The maximum Gasteiger partial charge on any atom is 0.435 e. The zero-order valence-corrected chi connectivity index (χ0v) is 14.1. The first-order chi connectivity index (χ1) is 10.4. The molecule has 2 saturated heterocycles. The standard InChI is InChI=1S/C15H23F3N4.ClH/c1-14(5-6-19-10-14)11-21-7-2-3-12(9-21)22-8-4-13(20-22)15(16,17)18;/h4,8,12,19H,2-3,5-7,9-11H2,1H3;1H. The molecule has 2 unspecified atom stereocenters. The van der Waals surface area contributed by atoms with E-state index in [2.05, 4.69) is 22.2 Å². The molecule has 0 amide bonds. The third-order valence-corrected chi connectivity index (χ3v) is 4.82. The van der Waals surface area contributed by atoms with Crippen LogP contribution < -0.4 is 5.32 Å². The van der Waals surface area contributed by atoms with Crippen molar-refractivity contribution < 1.29 is 13.2 Å². The Morgan fingerprint density at radius 2 is 2.22 bits per heavy atom. The molecule has 8 heteroatoms. The molecule has 4 nitrogen and oxygen atoms in total. The zero-order valence-electron chi connectivity index (χ0n) is 13.3. The number of nitrogens with zero attached hydrogens (tertiary/aromatic N) is 3. The number of rotatable bonds is 3. The Hall–Kier alpha value is -0.790. The second-order valence-corrected chi connectivity index (χ2v) is 6.95. The van der Waals surface area contributed by atoms with Crippen LogP contribution in [0, 0.1) is 5.41 Å². The fourth-order valence-electron chi connectivity index (χ4n) is 3.63. The van der Waals surface area contributed by atoms with E-state index in [0.717, 1.165) is 58.1 Å². The molecule has 0 aromatic carbocycles. The van der Waals surface area contributed by atoms with Gasteiger partial charge in [0.05, 0.1) is 6.04 Å². The van der Waals surface area contributed by atoms with Crippen molar-refractivity contribution in [2.24, 2.45) is 5.41 Å². The van der Waals surface area contributed by atoms with Gasteiger partial charge in [0.15, 0.2) is 5.69 Å². The zero-order chi connectivity index (χ0) is 15.8. The highest BCUT2D eigenvalue weighted by molar-refractivity contribution is 5.85. The molecule has 2 fully saturated rings. The summed E-state index contributed by atoms with van der Waals surface area (Å²) < 4.78 is 39.5. The van der Waals surface area contributed by atoms with E-state index in [1.807, 2.05) is 0 Å². The third-order valence-electron chi connectivity index (χ3n) is 4.82. The van der Waals surface area contributed by atoms with Crippen molar-refractivity contribution in [3.05, 3.63) is 18.0 Å². The fourth-order valence-corrected chi connectivity index (χ4v) is 3.63. The molecule has 23 heavy (non-hydrogen) atoms. The highest BCUT2D eigenvalue weighted by atomic mass is 35.5. The lowest BCUT2D eigenvalue weighted by molar-refractivity contribution is -0.141. The van der Waals surface area contributed by atoms with Crippen LogP contribution in [0.15, 0.2) is 12.3 Å². The van der Waals surface area contributed by atoms with Gasteiger partial charge in [0, 0.05) is 25.8 Å². The van der Waals surface area contributed by atoms with Crippen molar-refractivity contribution in [3.8, 4) is 0 Å². The van der Waals surface area contributed by atoms with Gasteiger partial charge in [-0.15, -0.1) is 12.4 Å². The number of halogens is 4. The van der Waals surface area contributed by atoms with Crippen molar-refractivity contribution in [1.82, 2.24) is 20.0 Å². The quantitative estimate of drug-likeness (QED) is 0.908. The predicted octanol–water partition coefficient (Wildman–Crippen LogP) is 2.96. The van der Waals surface area contributed by atoms with Gasteiger partial charge in [-0.25, -0.2) is 0 Å². The SMILES string of the molecule is CC1(CN2CCCC(n3ccc(C(F)(F)F)n3)C2)CCNC1.Cl. The van der Waals surface area contributed by atoms with Gasteiger partial charge in [-0.05, 0) is 43.8 Å². The minimum absolute atomic E-state index is 0. The number of piperidine rings is 1. The Bertz CT molecular complexity index is 511. The maximum atomic E-state index is 12.7. The number of alkyl halides is 3. The van der Waals surface area contributed by atoms with Crippen molar-refractivity contribution in [2.75, 3.05) is 32.7 Å². The summed E-state index contributed by atoms with van der Waals surface area (Å²) in [6.07, 6.45) is 0.173. The molecule has 1 aromatic rings. The number of nitrogens with one attached hydrogen (secondary N) is 1. The number of likely N-dealkylation sites (tertiary alicyclic amines) is 1. The summed E-state index contributed by atoms with van der Waals surface area (Å²) in [5.74, 6) is 0. The van der Waals surface area contributed by atoms with Crippen LogP contribution in [0.4, 0.5) is 13.2 Å². The van der Waals surface area contributed by atoms with Crippen LogP contribution in [0.25, 0.3) is 0 Å². The van der Waals surface area contributed by atoms with E-state index in [9.17, 15) is 13.2 Å². The largest absolute Gasteiger partial charge is 0.435 e. The molecule has 3 rings (SSSR count). The van der Waals surface area contributed by atoms with Gasteiger partial charge in [-0.2, -0.15) is 18.3 Å². The smallest absolute Gasteiger partial charge is 0.316 e. The van der Waals surface area contributed by atoms with E-state index in [1.54, 1.807) is 0 Å². The summed E-state index contributed by atoms with van der Waals surface area (Å²) >= 11 is 0. The van der Waals surface area contributed by atoms with E-state index < -0.39 is 11.9 Å². The molecule has 0 saturated carbocycles. The van der Waals surface area contributed by atoms with E-state index in [4.69, 9.17) is 0 Å². The van der Waals surface area contributed by atoms with Crippen LogP contribution in [0.1, 0.15) is 37.9 Å². The number of hydrogen-bond donors (Lipinski definition) is 1.